The van der Waals surface area contributed by atoms with E-state index in [-0.39, 0.29) is 5.41 Å². The molecule has 10 aromatic carbocycles. The molecule has 12 rings (SSSR count). The Kier molecular flexibility index (Phi) is 8.55. The lowest BCUT2D eigenvalue weighted by atomic mass is 9.82. The van der Waals surface area contributed by atoms with Gasteiger partial charge in [0.15, 0.2) is 5.82 Å². The van der Waals surface area contributed by atoms with Crippen molar-refractivity contribution in [2.24, 2.45) is 0 Å². The van der Waals surface area contributed by atoms with Crippen LogP contribution in [0.4, 0.5) is 0 Å². The number of hydrogen-bond donors (Lipinski definition) is 0. The summed E-state index contributed by atoms with van der Waals surface area (Å²) in [6.07, 6.45) is 0. The van der Waals surface area contributed by atoms with Gasteiger partial charge in [-0.3, -0.25) is 0 Å². The fourth-order valence-electron chi connectivity index (χ4n) is 10.1. The minimum Gasteiger partial charge on any atom is -0.228 e. The predicted molar refractivity (Wildman–Crippen MR) is 265 cm³/mol. The minimum absolute atomic E-state index is 0.0683. The summed E-state index contributed by atoms with van der Waals surface area (Å²) in [6.45, 7) is 4.68. The van der Waals surface area contributed by atoms with Gasteiger partial charge in [0.1, 0.15) is 0 Å². The summed E-state index contributed by atoms with van der Waals surface area (Å²) >= 11 is 0. The Bertz CT molecular complexity index is 3600. The second-order valence-electron chi connectivity index (χ2n) is 17.3. The van der Waals surface area contributed by atoms with Crippen LogP contribution in [0.1, 0.15) is 25.0 Å². The molecule has 296 valence electrons. The summed E-state index contributed by atoms with van der Waals surface area (Å²) in [7, 11) is 0. The maximum Gasteiger partial charge on any atom is 0.160 e. The van der Waals surface area contributed by atoms with Gasteiger partial charge in [-0.05, 0) is 118 Å². The second kappa shape index (κ2) is 14.6. The Hall–Kier alpha value is -7.94. The normalized spacial score (nSPS) is 12.7. The van der Waals surface area contributed by atoms with Crippen molar-refractivity contribution in [2.75, 3.05) is 0 Å². The van der Waals surface area contributed by atoms with Gasteiger partial charge in [0, 0.05) is 22.1 Å². The quantitative estimate of drug-likeness (QED) is 0.124. The molecule has 1 heterocycles. The number of benzene rings is 10. The van der Waals surface area contributed by atoms with Crippen molar-refractivity contribution in [2.45, 2.75) is 19.3 Å². The van der Waals surface area contributed by atoms with Crippen molar-refractivity contribution >= 4 is 32.3 Å². The minimum atomic E-state index is -0.0683. The molecule has 0 saturated heterocycles. The van der Waals surface area contributed by atoms with Crippen LogP contribution in [0.25, 0.3) is 111 Å². The number of hydrogen-bond acceptors (Lipinski definition) is 2. The molecule has 11 aromatic rings. The number of aromatic nitrogens is 2. The average molecular weight is 803 g/mol. The van der Waals surface area contributed by atoms with E-state index in [9.17, 15) is 0 Å². The van der Waals surface area contributed by atoms with E-state index < -0.39 is 0 Å². The fourth-order valence-corrected chi connectivity index (χ4v) is 10.1. The molecule has 1 aliphatic rings. The van der Waals surface area contributed by atoms with E-state index in [1.165, 1.54) is 76.8 Å². The molecule has 0 saturated carbocycles. The zero-order valence-corrected chi connectivity index (χ0v) is 35.2. The van der Waals surface area contributed by atoms with Crippen LogP contribution in [0, 0.1) is 0 Å². The second-order valence-corrected chi connectivity index (χ2v) is 17.3. The van der Waals surface area contributed by atoms with Gasteiger partial charge in [-0.2, -0.15) is 0 Å². The van der Waals surface area contributed by atoms with E-state index >= 15 is 0 Å². The zero-order chi connectivity index (χ0) is 42.1. The third-order valence-electron chi connectivity index (χ3n) is 13.2. The van der Waals surface area contributed by atoms with E-state index in [0.717, 1.165) is 39.2 Å². The number of fused-ring (bicyclic) bond motifs is 7. The Morgan fingerprint density at radius 2 is 0.841 bits per heavy atom. The molecule has 0 atom stereocenters. The Balaban J connectivity index is 0.973. The maximum absolute atomic E-state index is 5.25. The van der Waals surface area contributed by atoms with Gasteiger partial charge in [-0.15, -0.1) is 0 Å². The van der Waals surface area contributed by atoms with Crippen LogP contribution >= 0.6 is 0 Å². The van der Waals surface area contributed by atoms with Crippen molar-refractivity contribution in [1.82, 2.24) is 9.97 Å². The van der Waals surface area contributed by atoms with Crippen molar-refractivity contribution in [3.63, 3.8) is 0 Å². The number of nitrogens with zero attached hydrogens (tertiary/aromatic N) is 2. The SMILES string of the molecule is CC1(C)c2ccccc2-c2c(-c3cccc(-c4cc(-c5cccc(-c6cccc(-c7c8ccccc8cc8c7ccc7ccccc78)c6)c5)nc(-c5ccccc5)n4)c3)cccc21. The molecule has 0 amide bonds. The molecule has 2 nitrogen and oxygen atoms in total. The maximum atomic E-state index is 5.25. The van der Waals surface area contributed by atoms with Crippen molar-refractivity contribution in [3.05, 3.63) is 230 Å². The van der Waals surface area contributed by atoms with Gasteiger partial charge < -0.3 is 0 Å². The van der Waals surface area contributed by atoms with E-state index in [2.05, 4.69) is 226 Å². The van der Waals surface area contributed by atoms with E-state index in [1.807, 2.05) is 6.07 Å². The third kappa shape index (κ3) is 6.17. The summed E-state index contributed by atoms with van der Waals surface area (Å²) in [5, 5.41) is 7.55. The van der Waals surface area contributed by atoms with Gasteiger partial charge in [0.05, 0.1) is 11.4 Å². The van der Waals surface area contributed by atoms with Crippen LogP contribution in [0.2, 0.25) is 0 Å². The summed E-state index contributed by atoms with van der Waals surface area (Å²) in [5.74, 6) is 0.701. The molecule has 1 aliphatic carbocycles. The molecule has 0 fully saturated rings. The highest BCUT2D eigenvalue weighted by Crippen LogP contribution is 2.52. The summed E-state index contributed by atoms with van der Waals surface area (Å²) in [4.78, 5) is 10.5. The zero-order valence-electron chi connectivity index (χ0n) is 35.2. The molecule has 0 N–H and O–H groups in total. The monoisotopic (exact) mass is 802 g/mol. The largest absolute Gasteiger partial charge is 0.228 e. The third-order valence-corrected chi connectivity index (χ3v) is 13.2. The van der Waals surface area contributed by atoms with Crippen LogP contribution < -0.4 is 0 Å². The first kappa shape index (κ1) is 36.9. The smallest absolute Gasteiger partial charge is 0.160 e. The first-order valence-electron chi connectivity index (χ1n) is 21.8. The topological polar surface area (TPSA) is 25.8 Å². The molecule has 1 aromatic heterocycles. The van der Waals surface area contributed by atoms with E-state index in [4.69, 9.17) is 9.97 Å². The predicted octanol–water partition coefficient (Wildman–Crippen LogP) is 16.2. The van der Waals surface area contributed by atoms with Crippen LogP contribution in [0.5, 0.6) is 0 Å². The van der Waals surface area contributed by atoms with Crippen LogP contribution in [0.15, 0.2) is 218 Å². The average Bonchev–Trinajstić information content (AvgIpc) is 3.59. The van der Waals surface area contributed by atoms with Crippen LogP contribution in [-0.2, 0) is 5.41 Å². The molecule has 0 aliphatic heterocycles. The lowest BCUT2D eigenvalue weighted by Gasteiger charge is -2.21. The van der Waals surface area contributed by atoms with E-state index in [0.29, 0.717) is 5.82 Å². The standard InChI is InChI=1S/C61H42N2/c1-61(2)54-30-11-10-28-52(54)59-50(29-15-31-55(59)61)43-22-14-24-46(36-43)57-38-56(62-60(63-57)40-17-4-3-5-18-40)45-23-12-20-41(34-45)42-21-13-25-47(35-42)58-49-27-9-7-19-44(49)37-53-48-26-8-6-16-39(48)32-33-51(53)58/h3-38H,1-2H3. The summed E-state index contributed by atoms with van der Waals surface area (Å²) in [6, 6.07) is 79.2. The van der Waals surface area contributed by atoms with Crippen molar-refractivity contribution in [1.29, 1.82) is 0 Å². The van der Waals surface area contributed by atoms with Crippen molar-refractivity contribution < 1.29 is 0 Å². The number of rotatable bonds is 6. The summed E-state index contributed by atoms with van der Waals surface area (Å²) < 4.78 is 0. The van der Waals surface area contributed by atoms with Gasteiger partial charge in [0.2, 0.25) is 0 Å². The lowest BCUT2D eigenvalue weighted by Crippen LogP contribution is -2.14. The Morgan fingerprint density at radius 1 is 0.302 bits per heavy atom. The molecule has 0 bridgehead atoms. The highest BCUT2D eigenvalue weighted by molar-refractivity contribution is 6.20. The summed E-state index contributed by atoms with van der Waals surface area (Å²) in [5.41, 5.74) is 17.3. The van der Waals surface area contributed by atoms with Crippen molar-refractivity contribution in [3.8, 4) is 78.4 Å². The molecule has 0 radical (unpaired) electrons. The first-order chi connectivity index (χ1) is 31.0. The molecular formula is C61H42N2. The lowest BCUT2D eigenvalue weighted by molar-refractivity contribution is 0.660. The molecule has 2 heteroatoms. The molecule has 63 heavy (non-hydrogen) atoms. The molecular weight excluding hydrogens is 761 g/mol. The van der Waals surface area contributed by atoms with E-state index in [1.54, 1.807) is 0 Å². The molecule has 0 unspecified atom stereocenters. The fraction of sp³-hybridized carbons (Fsp3) is 0.0492. The van der Waals surface area contributed by atoms with Gasteiger partial charge in [-0.25, -0.2) is 9.97 Å². The van der Waals surface area contributed by atoms with Crippen LogP contribution in [-0.4, -0.2) is 9.97 Å². The van der Waals surface area contributed by atoms with Gasteiger partial charge in [0.25, 0.3) is 0 Å². The molecule has 0 spiro atoms. The van der Waals surface area contributed by atoms with Gasteiger partial charge >= 0.3 is 0 Å². The van der Waals surface area contributed by atoms with Gasteiger partial charge in [-0.1, -0.05) is 202 Å². The van der Waals surface area contributed by atoms with Crippen LogP contribution in [0.3, 0.4) is 0 Å². The highest BCUT2D eigenvalue weighted by Gasteiger charge is 2.36. The Morgan fingerprint density at radius 3 is 1.62 bits per heavy atom. The highest BCUT2D eigenvalue weighted by atomic mass is 14.9. The Labute approximate surface area is 367 Å². The first-order valence-corrected chi connectivity index (χ1v) is 21.8.